The molecule has 0 aliphatic rings. The summed E-state index contributed by atoms with van der Waals surface area (Å²) in [6.07, 6.45) is 3.35. The van der Waals surface area contributed by atoms with E-state index in [1.807, 2.05) is 19.1 Å². The molecule has 1 N–H and O–H groups in total. The number of pyridine rings is 2. The minimum atomic E-state index is -0.126. The second-order valence-electron chi connectivity index (χ2n) is 3.86. The molecule has 0 atom stereocenters. The number of halogens is 1. The number of amides is 1. The van der Waals surface area contributed by atoms with E-state index in [4.69, 9.17) is 0 Å². The summed E-state index contributed by atoms with van der Waals surface area (Å²) >= 11 is 3.23. The summed E-state index contributed by atoms with van der Waals surface area (Å²) in [4.78, 5) is 20.0. The smallest absolute Gasteiger partial charge is 0.251 e. The Balaban J connectivity index is 1.98. The largest absolute Gasteiger partial charge is 0.348 e. The predicted octanol–water partition coefficient (Wildman–Crippen LogP) is 2.48. The Kier molecular flexibility index (Phi) is 4.04. The zero-order chi connectivity index (χ0) is 13.0. The predicted molar refractivity (Wildman–Crippen MR) is 72.1 cm³/mol. The van der Waals surface area contributed by atoms with Gasteiger partial charge in [-0.3, -0.25) is 9.78 Å². The average molecular weight is 306 g/mol. The molecule has 2 aromatic rings. The second-order valence-corrected chi connectivity index (χ2v) is 4.67. The summed E-state index contributed by atoms with van der Waals surface area (Å²) in [5, 5.41) is 2.83. The van der Waals surface area contributed by atoms with E-state index in [1.54, 1.807) is 24.5 Å². The Morgan fingerprint density at radius 3 is 2.83 bits per heavy atom. The highest BCUT2D eigenvalue weighted by Crippen LogP contribution is 2.08. The monoisotopic (exact) mass is 305 g/mol. The third-order valence-electron chi connectivity index (χ3n) is 2.41. The van der Waals surface area contributed by atoms with Gasteiger partial charge in [0, 0.05) is 30.2 Å². The fourth-order valence-electron chi connectivity index (χ4n) is 1.43. The number of carbonyl (C=O) groups excluding carboxylic acids is 1. The van der Waals surface area contributed by atoms with Gasteiger partial charge in [0.15, 0.2) is 0 Å². The molecule has 1 amide bonds. The second kappa shape index (κ2) is 5.73. The van der Waals surface area contributed by atoms with Gasteiger partial charge in [-0.15, -0.1) is 0 Å². The Labute approximate surface area is 114 Å². The molecule has 2 aromatic heterocycles. The van der Waals surface area contributed by atoms with E-state index in [9.17, 15) is 4.79 Å². The molecule has 2 heterocycles. The maximum Gasteiger partial charge on any atom is 0.251 e. The number of nitrogens with one attached hydrogen (secondary N) is 1. The molecule has 5 heteroatoms. The third kappa shape index (κ3) is 3.37. The minimum absolute atomic E-state index is 0.126. The Morgan fingerprint density at radius 2 is 2.17 bits per heavy atom. The van der Waals surface area contributed by atoms with Crippen LogP contribution < -0.4 is 5.32 Å². The van der Waals surface area contributed by atoms with Crippen LogP contribution in [0.1, 0.15) is 21.6 Å². The quantitative estimate of drug-likeness (QED) is 0.886. The first-order valence-electron chi connectivity index (χ1n) is 5.46. The molecule has 0 spiro atoms. The Morgan fingerprint density at radius 1 is 1.33 bits per heavy atom. The van der Waals surface area contributed by atoms with E-state index in [2.05, 4.69) is 31.2 Å². The number of hydrogen-bond donors (Lipinski definition) is 1. The molecule has 0 saturated carbocycles. The number of carbonyl (C=O) groups is 1. The molecule has 0 bridgehead atoms. The maximum atomic E-state index is 11.9. The number of aryl methyl sites for hydroxylation is 1. The molecule has 92 valence electrons. The molecule has 0 radical (unpaired) electrons. The van der Waals surface area contributed by atoms with Gasteiger partial charge in [-0.1, -0.05) is 6.07 Å². The van der Waals surface area contributed by atoms with E-state index in [-0.39, 0.29) is 5.91 Å². The van der Waals surface area contributed by atoms with Gasteiger partial charge in [0.05, 0.1) is 0 Å². The van der Waals surface area contributed by atoms with Crippen LogP contribution in [0.4, 0.5) is 0 Å². The van der Waals surface area contributed by atoms with E-state index < -0.39 is 0 Å². The van der Waals surface area contributed by atoms with Gasteiger partial charge in [0.1, 0.15) is 4.60 Å². The van der Waals surface area contributed by atoms with Crippen molar-refractivity contribution in [2.45, 2.75) is 13.5 Å². The van der Waals surface area contributed by atoms with Gasteiger partial charge in [0.25, 0.3) is 5.91 Å². The molecule has 0 aromatic carbocycles. The zero-order valence-electron chi connectivity index (χ0n) is 9.85. The van der Waals surface area contributed by atoms with Crippen molar-refractivity contribution >= 4 is 21.8 Å². The average Bonchev–Trinajstić information content (AvgIpc) is 2.38. The van der Waals surface area contributed by atoms with Crippen molar-refractivity contribution in [2.75, 3.05) is 0 Å². The van der Waals surface area contributed by atoms with Crippen molar-refractivity contribution in [3.8, 4) is 0 Å². The lowest BCUT2D eigenvalue weighted by molar-refractivity contribution is 0.0950. The van der Waals surface area contributed by atoms with Crippen LogP contribution in [0, 0.1) is 6.92 Å². The van der Waals surface area contributed by atoms with Crippen LogP contribution in [0.2, 0.25) is 0 Å². The van der Waals surface area contributed by atoms with Crippen molar-refractivity contribution in [2.24, 2.45) is 0 Å². The summed E-state index contributed by atoms with van der Waals surface area (Å²) in [7, 11) is 0. The van der Waals surface area contributed by atoms with Crippen molar-refractivity contribution in [1.82, 2.24) is 15.3 Å². The summed E-state index contributed by atoms with van der Waals surface area (Å²) in [6, 6.07) is 7.23. The summed E-state index contributed by atoms with van der Waals surface area (Å²) in [5.41, 5.74) is 2.52. The first-order valence-corrected chi connectivity index (χ1v) is 6.26. The maximum absolute atomic E-state index is 11.9. The van der Waals surface area contributed by atoms with Crippen LogP contribution in [0.5, 0.6) is 0 Å². The summed E-state index contributed by atoms with van der Waals surface area (Å²) < 4.78 is 0.646. The van der Waals surface area contributed by atoms with E-state index >= 15 is 0 Å². The van der Waals surface area contributed by atoms with Gasteiger partial charge in [0.2, 0.25) is 0 Å². The molecule has 0 saturated heterocycles. The molecule has 0 fully saturated rings. The normalized spacial score (nSPS) is 10.1. The lowest BCUT2D eigenvalue weighted by Gasteiger charge is -2.05. The van der Waals surface area contributed by atoms with E-state index in [1.165, 1.54) is 0 Å². The first-order chi connectivity index (χ1) is 8.65. The van der Waals surface area contributed by atoms with Gasteiger partial charge < -0.3 is 5.32 Å². The highest BCUT2D eigenvalue weighted by Gasteiger charge is 2.05. The molecular weight excluding hydrogens is 294 g/mol. The third-order valence-corrected chi connectivity index (χ3v) is 2.85. The first kappa shape index (κ1) is 12.7. The SMILES string of the molecule is Cc1ccc(CNC(=O)c2ccnc(Br)c2)cn1. The van der Waals surface area contributed by atoms with Crippen molar-refractivity contribution in [3.05, 3.63) is 58.1 Å². The highest BCUT2D eigenvalue weighted by atomic mass is 79.9. The van der Waals surface area contributed by atoms with Crippen LogP contribution in [-0.4, -0.2) is 15.9 Å². The van der Waals surface area contributed by atoms with Gasteiger partial charge in [-0.2, -0.15) is 0 Å². The minimum Gasteiger partial charge on any atom is -0.348 e. The standard InChI is InChI=1S/C13H12BrN3O/c1-9-2-3-10(7-16-9)8-17-13(18)11-4-5-15-12(14)6-11/h2-7H,8H2,1H3,(H,17,18). The topological polar surface area (TPSA) is 54.9 Å². The number of hydrogen-bond acceptors (Lipinski definition) is 3. The molecule has 2 rings (SSSR count). The van der Waals surface area contributed by atoms with Crippen LogP contribution in [-0.2, 0) is 6.54 Å². The fraction of sp³-hybridized carbons (Fsp3) is 0.154. The fourth-order valence-corrected chi connectivity index (χ4v) is 1.80. The summed E-state index contributed by atoms with van der Waals surface area (Å²) in [6.45, 7) is 2.39. The molecule has 0 aliphatic heterocycles. The van der Waals surface area contributed by atoms with Gasteiger partial charge in [-0.25, -0.2) is 4.98 Å². The van der Waals surface area contributed by atoms with Crippen LogP contribution in [0.25, 0.3) is 0 Å². The molecule has 18 heavy (non-hydrogen) atoms. The van der Waals surface area contributed by atoms with Gasteiger partial charge >= 0.3 is 0 Å². The molecule has 0 unspecified atom stereocenters. The number of aromatic nitrogens is 2. The van der Waals surface area contributed by atoms with Crippen LogP contribution >= 0.6 is 15.9 Å². The summed E-state index contributed by atoms with van der Waals surface area (Å²) in [5.74, 6) is -0.126. The van der Waals surface area contributed by atoms with Crippen molar-refractivity contribution < 1.29 is 4.79 Å². The van der Waals surface area contributed by atoms with E-state index in [0.29, 0.717) is 16.7 Å². The lowest BCUT2D eigenvalue weighted by Crippen LogP contribution is -2.22. The highest BCUT2D eigenvalue weighted by molar-refractivity contribution is 9.10. The lowest BCUT2D eigenvalue weighted by atomic mass is 10.2. The molecule has 4 nitrogen and oxygen atoms in total. The molecule has 0 aliphatic carbocycles. The number of rotatable bonds is 3. The van der Waals surface area contributed by atoms with Crippen LogP contribution in [0.3, 0.4) is 0 Å². The van der Waals surface area contributed by atoms with Crippen molar-refractivity contribution in [1.29, 1.82) is 0 Å². The Hall–Kier alpha value is -1.75. The number of nitrogens with zero attached hydrogens (tertiary/aromatic N) is 2. The molecular formula is C13H12BrN3O. The zero-order valence-corrected chi connectivity index (χ0v) is 11.4. The Bertz CT molecular complexity index is 554. The van der Waals surface area contributed by atoms with E-state index in [0.717, 1.165) is 11.3 Å². The van der Waals surface area contributed by atoms with Crippen molar-refractivity contribution in [3.63, 3.8) is 0 Å². The van der Waals surface area contributed by atoms with Gasteiger partial charge in [-0.05, 0) is 46.6 Å². The van der Waals surface area contributed by atoms with Crippen LogP contribution in [0.15, 0.2) is 41.3 Å².